The van der Waals surface area contributed by atoms with E-state index in [1.807, 2.05) is 0 Å². The van der Waals surface area contributed by atoms with Gasteiger partial charge in [0.25, 0.3) is 0 Å². The van der Waals surface area contributed by atoms with Crippen LogP contribution in [-0.4, -0.2) is 53.7 Å². The van der Waals surface area contributed by atoms with Gasteiger partial charge in [-0.05, 0) is 0 Å². The quantitative estimate of drug-likeness (QED) is 0.355. The van der Waals surface area contributed by atoms with Crippen LogP contribution in [0.5, 0.6) is 0 Å². The second-order valence-corrected chi connectivity index (χ2v) is 5.80. The van der Waals surface area contributed by atoms with Gasteiger partial charge in [0.2, 0.25) is 0 Å². The Morgan fingerprint density at radius 3 is 2.50 bits per heavy atom. The first-order valence-corrected chi connectivity index (χ1v) is 5.31. The minimum atomic E-state index is -0.612. The van der Waals surface area contributed by atoms with Crippen molar-refractivity contribution >= 4 is 50.6 Å². The number of nitrogens with two attached hydrogens (primary N) is 1. The second kappa shape index (κ2) is 5.47. The third-order valence-corrected chi connectivity index (χ3v) is 1.56. The van der Waals surface area contributed by atoms with Gasteiger partial charge >= 0.3 is 81.6 Å². The Morgan fingerprint density at radius 1 is 1.70 bits per heavy atom. The molecule has 10 heavy (non-hydrogen) atoms. The van der Waals surface area contributed by atoms with Crippen molar-refractivity contribution in [2.45, 2.75) is 9.94 Å². The SMILES string of the molecule is N[C@@H](CS)C(=O)OC([SeH])[SeH]. The van der Waals surface area contributed by atoms with Crippen LogP contribution in [0.4, 0.5) is 0 Å². The Morgan fingerprint density at radius 2 is 2.20 bits per heavy atom. The fraction of sp³-hybridized carbons (Fsp3) is 0.750. The summed E-state index contributed by atoms with van der Waals surface area (Å²) in [4.78, 5) is 10.8. The number of rotatable bonds is 3. The number of carbonyl (C=O) groups excluding carboxylic acids is 1. The third-order valence-electron chi connectivity index (χ3n) is 0.721. The van der Waals surface area contributed by atoms with E-state index in [4.69, 9.17) is 10.5 Å². The van der Waals surface area contributed by atoms with Crippen LogP contribution in [0, 0.1) is 0 Å². The van der Waals surface area contributed by atoms with Crippen molar-refractivity contribution in [3.63, 3.8) is 0 Å². The predicted molar refractivity (Wildman–Crippen MR) is 46.0 cm³/mol. The van der Waals surface area contributed by atoms with Crippen LogP contribution in [-0.2, 0) is 9.53 Å². The van der Waals surface area contributed by atoms with E-state index >= 15 is 0 Å². The topological polar surface area (TPSA) is 52.3 Å². The van der Waals surface area contributed by atoms with Crippen molar-refractivity contribution in [2.24, 2.45) is 5.73 Å². The molecule has 0 aliphatic heterocycles. The van der Waals surface area contributed by atoms with Crippen LogP contribution in [0.2, 0.25) is 0 Å². The average Bonchev–Trinajstić information content (AvgIpc) is 1.85. The Balaban J connectivity index is 3.62. The second-order valence-electron chi connectivity index (χ2n) is 1.55. The van der Waals surface area contributed by atoms with Crippen LogP contribution >= 0.6 is 12.6 Å². The summed E-state index contributed by atoms with van der Waals surface area (Å²) < 4.78 is 4.51. The Hall–Kier alpha value is 0.819. The molecular weight excluding hydrogens is 284 g/mol. The molecule has 0 aliphatic carbocycles. The zero-order valence-electron chi connectivity index (χ0n) is 5.10. The molecule has 0 unspecified atom stereocenters. The van der Waals surface area contributed by atoms with Crippen molar-refractivity contribution in [2.75, 3.05) is 5.75 Å². The van der Waals surface area contributed by atoms with Crippen molar-refractivity contribution in [1.29, 1.82) is 0 Å². The molecule has 2 N–H and O–H groups in total. The van der Waals surface area contributed by atoms with Gasteiger partial charge < -0.3 is 0 Å². The number of hydrogen-bond acceptors (Lipinski definition) is 4. The number of thiol groups is 1. The first-order chi connectivity index (χ1) is 4.57. The van der Waals surface area contributed by atoms with E-state index in [9.17, 15) is 4.79 Å². The molecule has 0 aromatic heterocycles. The van der Waals surface area contributed by atoms with Crippen LogP contribution in [0.1, 0.15) is 0 Å². The fourth-order valence-electron chi connectivity index (χ4n) is 0.266. The molecule has 0 bridgehead atoms. The van der Waals surface area contributed by atoms with E-state index in [0.29, 0.717) is 5.75 Å². The van der Waals surface area contributed by atoms with E-state index in [0.717, 1.165) is 0 Å². The van der Waals surface area contributed by atoms with Crippen LogP contribution < -0.4 is 5.73 Å². The van der Waals surface area contributed by atoms with Crippen molar-refractivity contribution in [3.05, 3.63) is 0 Å². The van der Waals surface area contributed by atoms with E-state index in [1.54, 1.807) is 0 Å². The molecule has 3 nitrogen and oxygen atoms in total. The summed E-state index contributed by atoms with van der Waals surface area (Å²) >= 11 is 8.19. The molecule has 0 fully saturated rings. The van der Waals surface area contributed by atoms with Gasteiger partial charge in [-0.1, -0.05) is 0 Å². The standard InChI is InChI=1S/C4H9NO2SSe2/c5-2(1-8)3(6)7-4(9)10/h2,4,8-10H,1,5H2/t2-/m0/s1. The molecular formula is C4H9NO2SSe2. The zero-order chi connectivity index (χ0) is 8.15. The average molecular weight is 293 g/mol. The summed E-state index contributed by atoms with van der Waals surface area (Å²) in [5.74, 6) is -0.104. The van der Waals surface area contributed by atoms with Gasteiger partial charge in [0.15, 0.2) is 0 Å². The molecule has 60 valence electrons. The Bertz CT molecular complexity index is 122. The molecule has 0 radical (unpaired) electrons. The summed E-state index contributed by atoms with van der Waals surface area (Å²) in [5.41, 5.74) is 5.30. The molecule has 0 aromatic carbocycles. The van der Waals surface area contributed by atoms with Crippen LogP contribution in [0.25, 0.3) is 0 Å². The number of carbonyl (C=O) groups is 1. The fourth-order valence-corrected chi connectivity index (χ4v) is 0.851. The minimum absolute atomic E-state index is 0.224. The first kappa shape index (κ1) is 10.8. The van der Waals surface area contributed by atoms with E-state index in [1.165, 1.54) is 0 Å². The van der Waals surface area contributed by atoms with Gasteiger partial charge in [0.05, 0.1) is 0 Å². The van der Waals surface area contributed by atoms with Gasteiger partial charge in [-0.25, -0.2) is 0 Å². The predicted octanol–water partition coefficient (Wildman–Crippen LogP) is -2.13. The summed E-state index contributed by atoms with van der Waals surface area (Å²) in [6.45, 7) is 0. The maximum absolute atomic E-state index is 10.8. The third kappa shape index (κ3) is 4.61. The van der Waals surface area contributed by atoms with Crippen molar-refractivity contribution in [3.8, 4) is 0 Å². The molecule has 0 saturated heterocycles. The summed E-state index contributed by atoms with van der Waals surface area (Å²) in [7, 11) is 0. The maximum atomic E-state index is 10.8. The van der Waals surface area contributed by atoms with E-state index in [-0.39, 0.29) is 3.90 Å². The van der Waals surface area contributed by atoms with E-state index < -0.39 is 12.0 Å². The van der Waals surface area contributed by atoms with Gasteiger partial charge in [0, 0.05) is 0 Å². The first-order valence-electron chi connectivity index (χ1n) is 2.51. The van der Waals surface area contributed by atoms with Gasteiger partial charge in [-0.15, -0.1) is 0 Å². The number of hydrogen-bond donors (Lipinski definition) is 2. The summed E-state index contributed by atoms with van der Waals surface area (Å²) in [5, 5.41) is 0. The Labute approximate surface area is 81.5 Å². The molecule has 0 spiro atoms. The molecule has 0 aliphatic rings. The monoisotopic (exact) mass is 295 g/mol. The zero-order valence-corrected chi connectivity index (χ0v) is 9.74. The molecule has 0 amide bonds. The number of ether oxygens (including phenoxy) is 1. The van der Waals surface area contributed by atoms with Crippen LogP contribution in [0.3, 0.4) is 0 Å². The molecule has 0 heterocycles. The number of esters is 1. The van der Waals surface area contributed by atoms with Crippen molar-refractivity contribution < 1.29 is 9.53 Å². The van der Waals surface area contributed by atoms with Gasteiger partial charge in [0.1, 0.15) is 0 Å². The van der Waals surface area contributed by atoms with Crippen molar-refractivity contribution in [1.82, 2.24) is 0 Å². The molecule has 6 heteroatoms. The van der Waals surface area contributed by atoms with E-state index in [2.05, 4.69) is 44.7 Å². The van der Waals surface area contributed by atoms with Crippen LogP contribution in [0.15, 0.2) is 0 Å². The molecule has 0 saturated carbocycles. The summed E-state index contributed by atoms with van der Waals surface area (Å²) in [6.07, 6.45) is 0. The molecule has 1 atom stereocenters. The normalized spacial score (nSPS) is 13.3. The van der Waals surface area contributed by atoms with Gasteiger partial charge in [-0.3, -0.25) is 0 Å². The van der Waals surface area contributed by atoms with Gasteiger partial charge in [-0.2, -0.15) is 0 Å². The summed E-state index contributed by atoms with van der Waals surface area (Å²) in [6, 6.07) is -0.612. The molecule has 0 aromatic rings. The Kier molecular flexibility index (Phi) is 5.91. The molecule has 0 rings (SSSR count).